The highest BCUT2D eigenvalue weighted by Gasteiger charge is 2.18. The van der Waals surface area contributed by atoms with Crippen molar-refractivity contribution in [1.29, 1.82) is 0 Å². The minimum absolute atomic E-state index is 0.0252. The molecule has 0 unspecified atom stereocenters. The lowest BCUT2D eigenvalue weighted by molar-refractivity contribution is 0.0303. The smallest absolute Gasteiger partial charge is 0.254 e. The molecular weight excluding hydrogens is 352 g/mol. The zero-order valence-corrected chi connectivity index (χ0v) is 15.3. The van der Waals surface area contributed by atoms with Crippen molar-refractivity contribution in [3.8, 4) is 0 Å². The van der Waals surface area contributed by atoms with Gasteiger partial charge in [-0.3, -0.25) is 9.59 Å². The lowest BCUT2D eigenvalue weighted by Gasteiger charge is -2.26. The first kappa shape index (κ1) is 18.3. The molecule has 1 aromatic carbocycles. The van der Waals surface area contributed by atoms with Crippen LogP contribution in [0.2, 0.25) is 0 Å². The van der Waals surface area contributed by atoms with Crippen LogP contribution in [-0.2, 0) is 11.2 Å². The molecule has 8 heteroatoms. The molecule has 1 fully saturated rings. The van der Waals surface area contributed by atoms with Crippen LogP contribution in [-0.4, -0.2) is 54.5 Å². The predicted octanol–water partition coefficient (Wildman–Crippen LogP) is 1.56. The van der Waals surface area contributed by atoms with Gasteiger partial charge in [0.25, 0.3) is 11.8 Å². The molecule has 1 aliphatic heterocycles. The minimum atomic E-state index is -0.145. The molecular formula is C18H22N4O3S. The summed E-state index contributed by atoms with van der Waals surface area (Å²) < 4.78 is 5.26. The first-order chi connectivity index (χ1) is 12.6. The molecule has 0 aliphatic carbocycles. The fraction of sp³-hybridized carbons (Fsp3) is 0.389. The lowest BCUT2D eigenvalue weighted by atomic mass is 10.1. The second-order valence-electron chi connectivity index (χ2n) is 6.02. The number of hydrogen-bond donors (Lipinski definition) is 2. The van der Waals surface area contributed by atoms with E-state index in [1.807, 2.05) is 5.38 Å². The first-order valence-corrected chi connectivity index (χ1v) is 9.46. The molecule has 7 nitrogen and oxygen atoms in total. The van der Waals surface area contributed by atoms with E-state index in [2.05, 4.69) is 10.3 Å². The van der Waals surface area contributed by atoms with Gasteiger partial charge in [0.15, 0.2) is 5.13 Å². The molecule has 1 saturated heterocycles. The van der Waals surface area contributed by atoms with Crippen LogP contribution in [0.15, 0.2) is 29.6 Å². The van der Waals surface area contributed by atoms with Crippen LogP contribution in [0.1, 0.15) is 32.8 Å². The number of nitrogens with zero attached hydrogens (tertiary/aromatic N) is 2. The Labute approximate surface area is 156 Å². The number of aryl methyl sites for hydroxylation is 1. The maximum Gasteiger partial charge on any atom is 0.254 e. The monoisotopic (exact) mass is 374 g/mol. The number of anilines is 1. The third kappa shape index (κ3) is 4.80. The molecule has 0 bridgehead atoms. The largest absolute Gasteiger partial charge is 0.378 e. The van der Waals surface area contributed by atoms with Gasteiger partial charge in [-0.1, -0.05) is 0 Å². The Kier molecular flexibility index (Phi) is 6.19. The predicted molar refractivity (Wildman–Crippen MR) is 100 cm³/mol. The molecule has 0 saturated carbocycles. The van der Waals surface area contributed by atoms with E-state index >= 15 is 0 Å². The second-order valence-corrected chi connectivity index (χ2v) is 6.91. The van der Waals surface area contributed by atoms with Crippen LogP contribution in [0.4, 0.5) is 5.13 Å². The van der Waals surface area contributed by atoms with Crippen molar-refractivity contribution in [2.24, 2.45) is 0 Å². The number of nitrogens with two attached hydrogens (primary N) is 1. The van der Waals surface area contributed by atoms with Crippen molar-refractivity contribution in [2.45, 2.75) is 12.8 Å². The third-order valence-electron chi connectivity index (χ3n) is 4.16. The summed E-state index contributed by atoms with van der Waals surface area (Å²) in [6, 6.07) is 6.77. The van der Waals surface area contributed by atoms with E-state index in [9.17, 15) is 9.59 Å². The van der Waals surface area contributed by atoms with Gasteiger partial charge in [0.05, 0.1) is 18.9 Å². The topological polar surface area (TPSA) is 97.5 Å². The second kappa shape index (κ2) is 8.77. The summed E-state index contributed by atoms with van der Waals surface area (Å²) in [7, 11) is 0. The Hall–Kier alpha value is -2.45. The summed E-state index contributed by atoms with van der Waals surface area (Å²) in [6.45, 7) is 2.90. The number of nitrogen functional groups attached to an aromatic ring is 1. The van der Waals surface area contributed by atoms with Crippen molar-refractivity contribution in [2.75, 3.05) is 38.6 Å². The molecule has 3 rings (SSSR count). The molecule has 1 aliphatic rings. The van der Waals surface area contributed by atoms with Crippen molar-refractivity contribution in [3.63, 3.8) is 0 Å². The van der Waals surface area contributed by atoms with Crippen molar-refractivity contribution in [3.05, 3.63) is 46.5 Å². The van der Waals surface area contributed by atoms with Crippen LogP contribution in [0, 0.1) is 0 Å². The normalized spacial score (nSPS) is 14.2. The summed E-state index contributed by atoms with van der Waals surface area (Å²) in [6.07, 6.45) is 1.57. The Bertz CT molecular complexity index is 754. The molecule has 2 heterocycles. The Morgan fingerprint density at radius 3 is 2.54 bits per heavy atom. The lowest BCUT2D eigenvalue weighted by Crippen LogP contribution is -2.40. The van der Waals surface area contributed by atoms with Gasteiger partial charge >= 0.3 is 0 Å². The standard InChI is InChI=1S/C18H22N4O3S/c19-18-21-15(12-26-18)2-1-7-20-16(23)13-3-5-14(6-4-13)17(24)22-8-10-25-11-9-22/h3-6,12H,1-2,7-11H2,(H2,19,21)(H,20,23). The highest BCUT2D eigenvalue weighted by atomic mass is 32.1. The molecule has 0 atom stereocenters. The van der Waals surface area contributed by atoms with Gasteiger partial charge in [-0.2, -0.15) is 0 Å². The molecule has 3 N–H and O–H groups in total. The van der Waals surface area contributed by atoms with Gasteiger partial charge in [-0.05, 0) is 37.1 Å². The average Bonchev–Trinajstić information content (AvgIpc) is 3.10. The quantitative estimate of drug-likeness (QED) is 0.748. The molecule has 2 aromatic rings. The fourth-order valence-electron chi connectivity index (χ4n) is 2.72. The van der Waals surface area contributed by atoms with E-state index in [0.29, 0.717) is 49.1 Å². The average molecular weight is 374 g/mol. The molecule has 0 radical (unpaired) electrons. The summed E-state index contributed by atoms with van der Waals surface area (Å²) in [4.78, 5) is 30.5. The zero-order chi connectivity index (χ0) is 18.4. The maximum atomic E-state index is 12.4. The van der Waals surface area contributed by atoms with Gasteiger partial charge in [-0.25, -0.2) is 4.98 Å². The summed E-state index contributed by atoms with van der Waals surface area (Å²) in [5.41, 5.74) is 7.67. The highest BCUT2D eigenvalue weighted by molar-refractivity contribution is 7.13. The van der Waals surface area contributed by atoms with Crippen LogP contribution >= 0.6 is 11.3 Å². The first-order valence-electron chi connectivity index (χ1n) is 8.58. The van der Waals surface area contributed by atoms with Crippen LogP contribution in [0.3, 0.4) is 0 Å². The van der Waals surface area contributed by atoms with E-state index < -0.39 is 0 Å². The van der Waals surface area contributed by atoms with Crippen LogP contribution in [0.5, 0.6) is 0 Å². The van der Waals surface area contributed by atoms with E-state index in [1.54, 1.807) is 29.2 Å². The van der Waals surface area contributed by atoms with Crippen LogP contribution < -0.4 is 11.1 Å². The molecule has 138 valence electrons. The molecule has 0 spiro atoms. The number of hydrogen-bond acceptors (Lipinski definition) is 6. The maximum absolute atomic E-state index is 12.4. The number of carbonyl (C=O) groups excluding carboxylic acids is 2. The van der Waals surface area contributed by atoms with E-state index in [0.717, 1.165) is 18.5 Å². The van der Waals surface area contributed by atoms with Crippen molar-refractivity contribution in [1.82, 2.24) is 15.2 Å². The number of nitrogens with one attached hydrogen (secondary N) is 1. The number of benzene rings is 1. The van der Waals surface area contributed by atoms with Gasteiger partial charge in [0.2, 0.25) is 0 Å². The minimum Gasteiger partial charge on any atom is -0.378 e. The third-order valence-corrected chi connectivity index (χ3v) is 4.88. The van der Waals surface area contributed by atoms with E-state index in [4.69, 9.17) is 10.5 Å². The van der Waals surface area contributed by atoms with Crippen molar-refractivity contribution >= 4 is 28.3 Å². The SMILES string of the molecule is Nc1nc(CCCNC(=O)c2ccc(C(=O)N3CCOCC3)cc2)cs1. The molecule has 2 amide bonds. The fourth-order valence-corrected chi connectivity index (χ4v) is 3.32. The summed E-state index contributed by atoms with van der Waals surface area (Å²) in [5, 5.41) is 5.38. The number of aromatic nitrogens is 1. The Morgan fingerprint density at radius 1 is 1.19 bits per heavy atom. The van der Waals surface area contributed by atoms with Gasteiger partial charge in [0.1, 0.15) is 0 Å². The Morgan fingerprint density at radius 2 is 1.88 bits per heavy atom. The number of amides is 2. The Balaban J connectivity index is 1.46. The zero-order valence-electron chi connectivity index (χ0n) is 14.4. The van der Waals surface area contributed by atoms with Crippen molar-refractivity contribution < 1.29 is 14.3 Å². The van der Waals surface area contributed by atoms with Crippen LogP contribution in [0.25, 0.3) is 0 Å². The number of carbonyl (C=O) groups is 2. The number of thiazole rings is 1. The summed E-state index contributed by atoms with van der Waals surface area (Å²) >= 11 is 1.42. The highest BCUT2D eigenvalue weighted by Crippen LogP contribution is 2.12. The van der Waals surface area contributed by atoms with Gasteiger partial charge < -0.3 is 20.7 Å². The van der Waals surface area contributed by atoms with Gasteiger partial charge in [-0.15, -0.1) is 11.3 Å². The van der Waals surface area contributed by atoms with E-state index in [1.165, 1.54) is 11.3 Å². The van der Waals surface area contributed by atoms with Gasteiger partial charge in [0, 0.05) is 36.1 Å². The number of rotatable bonds is 6. The molecule has 26 heavy (non-hydrogen) atoms. The summed E-state index contributed by atoms with van der Waals surface area (Å²) in [5.74, 6) is -0.170. The molecule has 1 aromatic heterocycles. The number of morpholine rings is 1. The van der Waals surface area contributed by atoms with E-state index in [-0.39, 0.29) is 11.8 Å². The number of ether oxygens (including phenoxy) is 1.